The summed E-state index contributed by atoms with van der Waals surface area (Å²) < 4.78 is 70.4. The Balaban J connectivity index is 1.91. The minimum absolute atomic E-state index is 0.125. The van der Waals surface area contributed by atoms with Crippen molar-refractivity contribution in [2.45, 2.75) is 18.0 Å². The van der Waals surface area contributed by atoms with Crippen LogP contribution in [0, 0.1) is 17.5 Å². The molecule has 0 saturated heterocycles. The van der Waals surface area contributed by atoms with Gasteiger partial charge in [0, 0.05) is 26.7 Å². The van der Waals surface area contributed by atoms with Gasteiger partial charge >= 0.3 is 0 Å². The smallest absolute Gasteiger partial charge is 0.240 e. The van der Waals surface area contributed by atoms with Crippen LogP contribution in [0.1, 0.15) is 11.1 Å². The second kappa shape index (κ2) is 9.13. The maximum absolute atomic E-state index is 13.1. The van der Waals surface area contributed by atoms with Gasteiger partial charge in [-0.15, -0.1) is 0 Å². The van der Waals surface area contributed by atoms with Crippen LogP contribution in [0.25, 0.3) is 0 Å². The number of sulfonamides is 1. The fourth-order valence-electron chi connectivity index (χ4n) is 2.21. The monoisotopic (exact) mass is 388 g/mol. The molecule has 0 aromatic heterocycles. The van der Waals surface area contributed by atoms with E-state index in [1.54, 1.807) is 12.1 Å². The molecule has 0 fully saturated rings. The molecule has 9 heteroatoms. The first-order valence-corrected chi connectivity index (χ1v) is 9.23. The number of hydrogen-bond acceptors (Lipinski definition) is 4. The fourth-order valence-corrected chi connectivity index (χ4v) is 3.22. The molecule has 2 aromatic rings. The zero-order valence-corrected chi connectivity index (χ0v) is 14.9. The Labute approximate surface area is 150 Å². The molecule has 0 atom stereocenters. The number of ether oxygens (including phenoxy) is 1. The minimum atomic E-state index is -3.60. The summed E-state index contributed by atoms with van der Waals surface area (Å²) in [6.07, 6.45) is 0. The molecule has 0 aliphatic heterocycles. The van der Waals surface area contributed by atoms with Crippen molar-refractivity contribution in [2.75, 3.05) is 20.3 Å². The molecule has 0 radical (unpaired) electrons. The summed E-state index contributed by atoms with van der Waals surface area (Å²) in [5, 5.41) is 2.95. The highest BCUT2D eigenvalue weighted by Crippen LogP contribution is 2.14. The molecule has 5 nitrogen and oxygen atoms in total. The van der Waals surface area contributed by atoms with E-state index in [-0.39, 0.29) is 30.2 Å². The highest BCUT2D eigenvalue weighted by atomic mass is 32.2. The molecule has 26 heavy (non-hydrogen) atoms. The summed E-state index contributed by atoms with van der Waals surface area (Å²) in [7, 11) is -2.12. The Morgan fingerprint density at radius 3 is 2.12 bits per heavy atom. The summed E-state index contributed by atoms with van der Waals surface area (Å²) in [5.74, 6) is -3.97. The number of hydrogen-bond donors (Lipinski definition) is 2. The molecule has 142 valence electrons. The van der Waals surface area contributed by atoms with Crippen molar-refractivity contribution in [3.63, 3.8) is 0 Å². The van der Waals surface area contributed by atoms with Gasteiger partial charge in [0.1, 0.15) is 0 Å². The summed E-state index contributed by atoms with van der Waals surface area (Å²) in [4.78, 5) is 0.125. The van der Waals surface area contributed by atoms with E-state index in [0.29, 0.717) is 6.54 Å². The zero-order chi connectivity index (χ0) is 19.2. The van der Waals surface area contributed by atoms with Crippen LogP contribution < -0.4 is 10.0 Å². The van der Waals surface area contributed by atoms with Crippen molar-refractivity contribution in [3.05, 3.63) is 65.0 Å². The third-order valence-electron chi connectivity index (χ3n) is 3.53. The van der Waals surface area contributed by atoms with Crippen LogP contribution in [0.5, 0.6) is 0 Å². The summed E-state index contributed by atoms with van der Waals surface area (Å²) >= 11 is 0. The molecule has 0 aliphatic carbocycles. The molecule has 2 rings (SSSR count). The largest absolute Gasteiger partial charge is 0.383 e. The first-order valence-electron chi connectivity index (χ1n) is 7.75. The molecule has 0 unspecified atom stereocenters. The SMILES string of the molecule is COCCNS(=O)(=O)c1ccc(CNCc2cc(F)c(F)c(F)c2)cc1. The highest BCUT2D eigenvalue weighted by molar-refractivity contribution is 7.89. The minimum Gasteiger partial charge on any atom is -0.383 e. The van der Waals surface area contributed by atoms with Crippen molar-refractivity contribution in [2.24, 2.45) is 0 Å². The van der Waals surface area contributed by atoms with Gasteiger partial charge in [-0.3, -0.25) is 0 Å². The third kappa shape index (κ3) is 5.53. The van der Waals surface area contributed by atoms with Crippen molar-refractivity contribution in [1.29, 1.82) is 0 Å². The second-order valence-electron chi connectivity index (χ2n) is 5.51. The Hall–Kier alpha value is -1.94. The first kappa shape index (κ1) is 20.4. The van der Waals surface area contributed by atoms with Crippen LogP contribution in [0.3, 0.4) is 0 Å². The van der Waals surface area contributed by atoms with E-state index in [2.05, 4.69) is 10.0 Å². The van der Waals surface area contributed by atoms with E-state index in [1.165, 1.54) is 19.2 Å². The lowest BCUT2D eigenvalue weighted by Crippen LogP contribution is -2.27. The van der Waals surface area contributed by atoms with Gasteiger partial charge in [0.05, 0.1) is 11.5 Å². The molecule has 0 amide bonds. The maximum atomic E-state index is 13.1. The van der Waals surface area contributed by atoms with Gasteiger partial charge in [-0.05, 0) is 35.4 Å². The standard InChI is InChI=1S/C17H19F3N2O3S/c1-25-7-6-22-26(23,24)14-4-2-12(3-5-14)10-21-11-13-8-15(18)17(20)16(19)9-13/h2-5,8-9,21-22H,6-7,10-11H2,1H3. The summed E-state index contributed by atoms with van der Waals surface area (Å²) in [5.41, 5.74) is 1.05. The Kier molecular flexibility index (Phi) is 7.15. The lowest BCUT2D eigenvalue weighted by molar-refractivity contribution is 0.204. The molecule has 2 N–H and O–H groups in total. The van der Waals surface area contributed by atoms with E-state index in [4.69, 9.17) is 4.74 Å². The topological polar surface area (TPSA) is 67.4 Å². The van der Waals surface area contributed by atoms with Crippen LogP contribution in [0.4, 0.5) is 13.2 Å². The van der Waals surface area contributed by atoms with Crippen molar-refractivity contribution in [1.82, 2.24) is 10.0 Å². The zero-order valence-electron chi connectivity index (χ0n) is 14.1. The molecule has 0 saturated carbocycles. The van der Waals surface area contributed by atoms with Crippen LogP contribution in [0.2, 0.25) is 0 Å². The van der Waals surface area contributed by atoms with Crippen LogP contribution in [-0.2, 0) is 27.8 Å². The number of halogens is 3. The van der Waals surface area contributed by atoms with E-state index in [0.717, 1.165) is 17.7 Å². The summed E-state index contributed by atoms with van der Waals surface area (Å²) in [6, 6.07) is 8.03. The van der Waals surface area contributed by atoms with Gasteiger partial charge in [0.2, 0.25) is 10.0 Å². The quantitative estimate of drug-likeness (QED) is 0.511. The van der Waals surface area contributed by atoms with Crippen LogP contribution in [0.15, 0.2) is 41.3 Å². The molecule has 0 bridgehead atoms. The van der Waals surface area contributed by atoms with Gasteiger partial charge in [-0.1, -0.05) is 12.1 Å². The van der Waals surface area contributed by atoms with Crippen molar-refractivity contribution < 1.29 is 26.3 Å². The Bertz CT molecular complexity index is 820. The predicted molar refractivity (Wildman–Crippen MR) is 90.4 cm³/mol. The lowest BCUT2D eigenvalue weighted by atomic mass is 10.2. The number of benzene rings is 2. The Morgan fingerprint density at radius 1 is 0.962 bits per heavy atom. The van der Waals surface area contributed by atoms with E-state index in [1.807, 2.05) is 0 Å². The lowest BCUT2D eigenvalue weighted by Gasteiger charge is -2.09. The van der Waals surface area contributed by atoms with Gasteiger partial charge < -0.3 is 10.1 Å². The number of rotatable bonds is 9. The predicted octanol–water partition coefficient (Wildman–Crippen LogP) is 2.32. The molecule has 0 heterocycles. The molecular weight excluding hydrogens is 369 g/mol. The molecule has 2 aromatic carbocycles. The summed E-state index contributed by atoms with van der Waals surface area (Å²) in [6.45, 7) is 0.920. The highest BCUT2D eigenvalue weighted by Gasteiger charge is 2.13. The number of nitrogens with one attached hydrogen (secondary N) is 2. The average Bonchev–Trinajstić information content (AvgIpc) is 2.60. The van der Waals surface area contributed by atoms with Crippen molar-refractivity contribution >= 4 is 10.0 Å². The van der Waals surface area contributed by atoms with E-state index < -0.39 is 27.5 Å². The maximum Gasteiger partial charge on any atom is 0.240 e. The van der Waals surface area contributed by atoms with Gasteiger partial charge in [0.25, 0.3) is 0 Å². The third-order valence-corrected chi connectivity index (χ3v) is 5.01. The second-order valence-corrected chi connectivity index (χ2v) is 7.28. The first-order chi connectivity index (χ1) is 12.3. The van der Waals surface area contributed by atoms with Gasteiger partial charge in [-0.25, -0.2) is 26.3 Å². The van der Waals surface area contributed by atoms with Gasteiger partial charge in [-0.2, -0.15) is 0 Å². The average molecular weight is 388 g/mol. The van der Waals surface area contributed by atoms with Crippen LogP contribution in [-0.4, -0.2) is 28.7 Å². The molecule has 0 aliphatic rings. The molecular formula is C17H19F3N2O3S. The normalized spacial score (nSPS) is 11.7. The van der Waals surface area contributed by atoms with Crippen molar-refractivity contribution in [3.8, 4) is 0 Å². The Morgan fingerprint density at radius 2 is 1.54 bits per heavy atom. The van der Waals surface area contributed by atoms with Gasteiger partial charge in [0.15, 0.2) is 17.5 Å². The number of methoxy groups -OCH3 is 1. The van der Waals surface area contributed by atoms with E-state index in [9.17, 15) is 21.6 Å². The fraction of sp³-hybridized carbons (Fsp3) is 0.294. The molecule has 0 spiro atoms. The van der Waals surface area contributed by atoms with E-state index >= 15 is 0 Å². The van der Waals surface area contributed by atoms with Crippen LogP contribution >= 0.6 is 0 Å².